The van der Waals surface area contributed by atoms with Crippen LogP contribution >= 0.6 is 0 Å². The van der Waals surface area contributed by atoms with Crippen molar-refractivity contribution in [3.8, 4) is 11.4 Å². The summed E-state index contributed by atoms with van der Waals surface area (Å²) in [5, 5.41) is 3.46. The van der Waals surface area contributed by atoms with E-state index in [0.717, 1.165) is 36.3 Å². The number of hydrogen-bond donors (Lipinski definition) is 1. The molecule has 5 nitrogen and oxygen atoms in total. The fourth-order valence-electron chi connectivity index (χ4n) is 3.05. The summed E-state index contributed by atoms with van der Waals surface area (Å²) in [5.41, 5.74) is 1.90. The summed E-state index contributed by atoms with van der Waals surface area (Å²) < 4.78 is 24.9. The van der Waals surface area contributed by atoms with Gasteiger partial charge in [-0.05, 0) is 31.4 Å². The van der Waals surface area contributed by atoms with Gasteiger partial charge in [0, 0.05) is 48.8 Å². The molecule has 0 bridgehead atoms. The summed E-state index contributed by atoms with van der Waals surface area (Å²) in [5.74, 6) is 1.48. The standard InChI is InChI=1S/C18H23F2N5/c1-2-14-11-17(24-18(23-14)13-3-7-21-8-4-13)22-15-5-9-25(10-6-15)12-16(19)20/h3-4,7-8,11,15-16H,2,5-6,9-10,12H2,1H3,(H,22,23,24). The van der Waals surface area contributed by atoms with E-state index in [4.69, 9.17) is 0 Å². The predicted molar refractivity (Wildman–Crippen MR) is 93.7 cm³/mol. The Kier molecular flexibility index (Phi) is 5.86. The van der Waals surface area contributed by atoms with E-state index < -0.39 is 6.43 Å². The molecule has 1 N–H and O–H groups in total. The third-order valence-electron chi connectivity index (χ3n) is 4.42. The SMILES string of the molecule is CCc1cc(NC2CCN(CC(F)F)CC2)nc(-c2ccncc2)n1. The Labute approximate surface area is 146 Å². The zero-order valence-electron chi connectivity index (χ0n) is 14.3. The summed E-state index contributed by atoms with van der Waals surface area (Å²) >= 11 is 0. The third-order valence-corrected chi connectivity index (χ3v) is 4.42. The van der Waals surface area contributed by atoms with Crippen LogP contribution in [0.15, 0.2) is 30.6 Å². The number of alkyl halides is 2. The van der Waals surface area contributed by atoms with Crippen molar-refractivity contribution in [2.75, 3.05) is 25.0 Å². The monoisotopic (exact) mass is 347 g/mol. The number of aromatic nitrogens is 3. The number of likely N-dealkylation sites (tertiary alicyclic amines) is 1. The predicted octanol–water partition coefficient (Wildman–Crippen LogP) is 3.24. The van der Waals surface area contributed by atoms with Crippen LogP contribution in [0.25, 0.3) is 11.4 Å². The molecule has 3 heterocycles. The Morgan fingerprint density at radius 1 is 1.20 bits per heavy atom. The van der Waals surface area contributed by atoms with Gasteiger partial charge in [-0.3, -0.25) is 9.88 Å². The molecule has 1 aliphatic rings. The second-order valence-corrected chi connectivity index (χ2v) is 6.27. The number of aryl methyl sites for hydroxylation is 1. The molecule has 0 radical (unpaired) electrons. The molecule has 0 spiro atoms. The second-order valence-electron chi connectivity index (χ2n) is 6.27. The number of piperidine rings is 1. The van der Waals surface area contributed by atoms with Gasteiger partial charge in [0.05, 0.1) is 6.54 Å². The van der Waals surface area contributed by atoms with E-state index in [1.54, 1.807) is 12.4 Å². The lowest BCUT2D eigenvalue weighted by atomic mass is 10.1. The number of rotatable bonds is 6. The summed E-state index contributed by atoms with van der Waals surface area (Å²) in [6, 6.07) is 6.00. The Hall–Kier alpha value is -2.15. The maximum absolute atomic E-state index is 12.5. The van der Waals surface area contributed by atoms with Crippen molar-refractivity contribution in [3.05, 3.63) is 36.3 Å². The number of nitrogens with zero attached hydrogens (tertiary/aromatic N) is 4. The Morgan fingerprint density at radius 3 is 2.56 bits per heavy atom. The molecule has 0 atom stereocenters. The first kappa shape index (κ1) is 17.7. The molecule has 0 saturated carbocycles. The summed E-state index contributed by atoms with van der Waals surface area (Å²) in [6.07, 6.45) is 3.68. The van der Waals surface area contributed by atoms with E-state index in [-0.39, 0.29) is 12.6 Å². The molecule has 2 aromatic heterocycles. The second kappa shape index (κ2) is 8.29. The average molecular weight is 347 g/mol. The van der Waals surface area contributed by atoms with Gasteiger partial charge in [-0.25, -0.2) is 18.7 Å². The lowest BCUT2D eigenvalue weighted by Crippen LogP contribution is -2.41. The zero-order chi connectivity index (χ0) is 17.6. The van der Waals surface area contributed by atoms with E-state index >= 15 is 0 Å². The van der Waals surface area contributed by atoms with Crippen molar-refractivity contribution < 1.29 is 8.78 Å². The number of halogens is 2. The minimum absolute atomic E-state index is 0.133. The van der Waals surface area contributed by atoms with Crippen molar-refractivity contribution in [2.45, 2.75) is 38.7 Å². The van der Waals surface area contributed by atoms with Gasteiger partial charge in [0.15, 0.2) is 5.82 Å². The summed E-state index contributed by atoms with van der Waals surface area (Å²) in [4.78, 5) is 15.1. The van der Waals surface area contributed by atoms with Crippen molar-refractivity contribution in [2.24, 2.45) is 0 Å². The van der Waals surface area contributed by atoms with Gasteiger partial charge in [-0.15, -0.1) is 0 Å². The van der Waals surface area contributed by atoms with Crippen molar-refractivity contribution in [3.63, 3.8) is 0 Å². The van der Waals surface area contributed by atoms with Crippen LogP contribution in [0.1, 0.15) is 25.5 Å². The molecule has 134 valence electrons. The fraction of sp³-hybridized carbons (Fsp3) is 0.500. The highest BCUT2D eigenvalue weighted by atomic mass is 19.3. The van der Waals surface area contributed by atoms with Crippen LogP contribution in [0, 0.1) is 0 Å². The van der Waals surface area contributed by atoms with Gasteiger partial charge < -0.3 is 5.32 Å². The average Bonchev–Trinajstić information content (AvgIpc) is 2.63. The minimum atomic E-state index is -2.26. The Morgan fingerprint density at radius 2 is 1.92 bits per heavy atom. The van der Waals surface area contributed by atoms with Crippen LogP contribution in [0.4, 0.5) is 14.6 Å². The van der Waals surface area contributed by atoms with Crippen LogP contribution in [-0.4, -0.2) is 52.0 Å². The molecule has 1 fully saturated rings. The lowest BCUT2D eigenvalue weighted by molar-refractivity contribution is 0.0769. The quantitative estimate of drug-likeness (QED) is 0.869. The first-order valence-corrected chi connectivity index (χ1v) is 8.69. The summed E-state index contributed by atoms with van der Waals surface area (Å²) in [6.45, 7) is 3.30. The van der Waals surface area contributed by atoms with E-state index in [2.05, 4.69) is 27.2 Å². The number of hydrogen-bond acceptors (Lipinski definition) is 5. The number of anilines is 1. The zero-order valence-corrected chi connectivity index (χ0v) is 14.3. The first-order valence-electron chi connectivity index (χ1n) is 8.69. The molecule has 1 aliphatic heterocycles. The molecule has 25 heavy (non-hydrogen) atoms. The van der Waals surface area contributed by atoms with Gasteiger partial charge in [-0.2, -0.15) is 0 Å². The van der Waals surface area contributed by atoms with Crippen LogP contribution in [0.3, 0.4) is 0 Å². The van der Waals surface area contributed by atoms with Gasteiger partial charge >= 0.3 is 0 Å². The highest BCUT2D eigenvalue weighted by molar-refractivity contribution is 5.56. The number of pyridine rings is 1. The molecule has 0 amide bonds. The molecular weight excluding hydrogens is 324 g/mol. The van der Waals surface area contributed by atoms with Gasteiger partial charge in [-0.1, -0.05) is 6.92 Å². The largest absolute Gasteiger partial charge is 0.367 e. The van der Waals surface area contributed by atoms with E-state index in [1.165, 1.54) is 0 Å². The maximum atomic E-state index is 12.5. The Bertz CT molecular complexity index is 672. The molecule has 2 aromatic rings. The van der Waals surface area contributed by atoms with Crippen molar-refractivity contribution in [1.82, 2.24) is 19.9 Å². The van der Waals surface area contributed by atoms with Crippen LogP contribution in [0.2, 0.25) is 0 Å². The van der Waals surface area contributed by atoms with Gasteiger partial charge in [0.2, 0.25) is 0 Å². The molecule has 0 aromatic carbocycles. The van der Waals surface area contributed by atoms with E-state index in [9.17, 15) is 8.78 Å². The number of nitrogens with one attached hydrogen (secondary N) is 1. The lowest BCUT2D eigenvalue weighted by Gasteiger charge is -2.32. The van der Waals surface area contributed by atoms with Crippen LogP contribution in [-0.2, 0) is 6.42 Å². The molecular formula is C18H23F2N5. The smallest absolute Gasteiger partial charge is 0.251 e. The molecule has 7 heteroatoms. The highest BCUT2D eigenvalue weighted by Gasteiger charge is 2.21. The first-order chi connectivity index (χ1) is 12.1. The van der Waals surface area contributed by atoms with E-state index in [1.807, 2.05) is 23.1 Å². The van der Waals surface area contributed by atoms with Crippen LogP contribution < -0.4 is 5.32 Å². The van der Waals surface area contributed by atoms with Gasteiger partial charge in [0.25, 0.3) is 6.43 Å². The Balaban J connectivity index is 1.68. The molecule has 3 rings (SSSR count). The molecule has 1 saturated heterocycles. The molecule has 0 unspecified atom stereocenters. The third kappa shape index (κ3) is 4.92. The molecule has 0 aliphatic carbocycles. The summed E-state index contributed by atoms with van der Waals surface area (Å²) in [7, 11) is 0. The van der Waals surface area contributed by atoms with E-state index in [0.29, 0.717) is 18.9 Å². The van der Waals surface area contributed by atoms with Gasteiger partial charge in [0.1, 0.15) is 5.82 Å². The maximum Gasteiger partial charge on any atom is 0.251 e. The normalized spacial score (nSPS) is 16.3. The van der Waals surface area contributed by atoms with Crippen LogP contribution in [0.5, 0.6) is 0 Å². The highest BCUT2D eigenvalue weighted by Crippen LogP contribution is 2.20. The minimum Gasteiger partial charge on any atom is -0.367 e. The topological polar surface area (TPSA) is 53.9 Å². The van der Waals surface area contributed by atoms with Crippen molar-refractivity contribution in [1.29, 1.82) is 0 Å². The fourth-order valence-corrected chi connectivity index (χ4v) is 3.05. The van der Waals surface area contributed by atoms with Crippen molar-refractivity contribution >= 4 is 5.82 Å².